The number of rotatable bonds is 8. The lowest BCUT2D eigenvalue weighted by Crippen LogP contribution is -2.44. The van der Waals surface area contributed by atoms with Gasteiger partial charge in [-0.15, -0.1) is 0 Å². The summed E-state index contributed by atoms with van der Waals surface area (Å²) in [7, 11) is 0. The Hall–Kier alpha value is -2.90. The van der Waals surface area contributed by atoms with Crippen LogP contribution in [0, 0.1) is 13.8 Å². The molecule has 8 heteroatoms. The Morgan fingerprint density at radius 1 is 1.25 bits per heavy atom. The van der Waals surface area contributed by atoms with E-state index in [-0.39, 0.29) is 0 Å². The van der Waals surface area contributed by atoms with Crippen molar-refractivity contribution >= 4 is 29.5 Å². The van der Waals surface area contributed by atoms with Crippen LogP contribution in [0.4, 0.5) is 10.5 Å². The molecule has 8 nitrogen and oxygen atoms in total. The van der Waals surface area contributed by atoms with Crippen LogP contribution in [-0.2, 0) is 19.1 Å². The fraction of sp³-hybridized carbons (Fsp3) is 0.500. The van der Waals surface area contributed by atoms with Crippen LogP contribution in [-0.4, -0.2) is 47.4 Å². The van der Waals surface area contributed by atoms with E-state index in [0.29, 0.717) is 12.1 Å². The number of carbonyl (C=O) groups excluding carboxylic acids is 4. The summed E-state index contributed by atoms with van der Waals surface area (Å²) in [5.41, 5.74) is 1.51. The highest BCUT2D eigenvalue weighted by Crippen LogP contribution is 2.23. The molecule has 28 heavy (non-hydrogen) atoms. The number of nitrogens with one attached hydrogen (secondary N) is 2. The van der Waals surface area contributed by atoms with E-state index in [1.54, 1.807) is 6.92 Å². The van der Waals surface area contributed by atoms with E-state index >= 15 is 0 Å². The van der Waals surface area contributed by atoms with Crippen LogP contribution in [0.3, 0.4) is 0 Å². The maximum Gasteiger partial charge on any atom is 0.326 e. The van der Waals surface area contributed by atoms with Gasteiger partial charge < -0.3 is 15.4 Å². The minimum Gasteiger partial charge on any atom is -0.454 e. The van der Waals surface area contributed by atoms with Gasteiger partial charge in [0.1, 0.15) is 12.1 Å². The van der Waals surface area contributed by atoms with Gasteiger partial charge in [0.05, 0.1) is 0 Å². The first-order valence-corrected chi connectivity index (χ1v) is 9.33. The Morgan fingerprint density at radius 2 is 1.96 bits per heavy atom. The maximum absolute atomic E-state index is 12.5. The molecule has 1 heterocycles. The zero-order chi connectivity index (χ0) is 20.9. The number of anilines is 1. The molecule has 0 radical (unpaired) electrons. The molecule has 0 bridgehead atoms. The Bertz CT molecular complexity index is 792. The molecule has 0 aliphatic carbocycles. The van der Waals surface area contributed by atoms with Gasteiger partial charge >= 0.3 is 12.0 Å². The number of nitrogens with zero attached hydrogens (tertiary/aromatic N) is 1. The van der Waals surface area contributed by atoms with Crippen molar-refractivity contribution in [1.82, 2.24) is 10.2 Å². The van der Waals surface area contributed by atoms with Gasteiger partial charge in [-0.25, -0.2) is 4.79 Å². The molecular weight excluding hydrogens is 362 g/mol. The van der Waals surface area contributed by atoms with Crippen molar-refractivity contribution in [3.8, 4) is 0 Å². The third kappa shape index (κ3) is 5.09. The first-order chi connectivity index (χ1) is 13.2. The summed E-state index contributed by atoms with van der Waals surface area (Å²) in [5, 5.41) is 5.31. The number of hydrogen-bond donors (Lipinski definition) is 2. The summed E-state index contributed by atoms with van der Waals surface area (Å²) in [6.45, 7) is 6.37. The number of hydrogen-bond acceptors (Lipinski definition) is 5. The monoisotopic (exact) mass is 389 g/mol. The largest absolute Gasteiger partial charge is 0.454 e. The molecule has 2 N–H and O–H groups in total. The van der Waals surface area contributed by atoms with Crippen LogP contribution in [0.2, 0.25) is 0 Å². The van der Waals surface area contributed by atoms with Crippen LogP contribution >= 0.6 is 0 Å². The third-order valence-electron chi connectivity index (χ3n) is 4.69. The molecule has 0 unspecified atom stereocenters. The van der Waals surface area contributed by atoms with E-state index in [1.807, 2.05) is 39.0 Å². The fourth-order valence-electron chi connectivity index (χ4n) is 2.97. The number of imide groups is 1. The van der Waals surface area contributed by atoms with E-state index in [4.69, 9.17) is 4.74 Å². The predicted octanol–water partition coefficient (Wildman–Crippen LogP) is 2.29. The number of unbranched alkanes of at least 4 members (excludes halogenated alkanes) is 1. The standard InChI is InChI=1S/C20H27N3O5/c1-5-6-9-20(4)18(26)23(19(27)22-20)11-17(25)28-12-16(24)21-15-10-13(2)7-8-14(15)3/h7-8,10H,5-6,9,11-12H2,1-4H3,(H,21,24)(H,22,27)/t20-/m1/s1. The second-order valence-corrected chi connectivity index (χ2v) is 7.28. The van der Waals surface area contributed by atoms with Gasteiger partial charge in [-0.05, 0) is 44.4 Å². The zero-order valence-corrected chi connectivity index (χ0v) is 16.8. The molecule has 0 spiro atoms. The van der Waals surface area contributed by atoms with Gasteiger partial charge in [0.15, 0.2) is 6.61 Å². The van der Waals surface area contributed by atoms with Gasteiger partial charge in [0.25, 0.3) is 11.8 Å². The minimum atomic E-state index is -1.01. The number of benzene rings is 1. The Labute approximate surface area is 164 Å². The molecule has 1 aliphatic rings. The topological polar surface area (TPSA) is 105 Å². The molecule has 2 rings (SSSR count). The lowest BCUT2D eigenvalue weighted by Gasteiger charge is -2.21. The highest BCUT2D eigenvalue weighted by molar-refractivity contribution is 6.08. The quantitative estimate of drug-likeness (QED) is 0.524. The van der Waals surface area contributed by atoms with E-state index in [1.165, 1.54) is 0 Å². The molecule has 1 aromatic carbocycles. The molecular formula is C20H27N3O5. The van der Waals surface area contributed by atoms with Crippen molar-refractivity contribution in [2.45, 2.75) is 52.5 Å². The SMILES string of the molecule is CCCC[C@@]1(C)NC(=O)N(CC(=O)OCC(=O)Nc2cc(C)ccc2C)C1=O. The van der Waals surface area contributed by atoms with Crippen molar-refractivity contribution in [1.29, 1.82) is 0 Å². The number of esters is 1. The van der Waals surface area contributed by atoms with Gasteiger partial charge in [-0.2, -0.15) is 0 Å². The Kier molecular flexibility index (Phi) is 6.77. The summed E-state index contributed by atoms with van der Waals surface area (Å²) >= 11 is 0. The van der Waals surface area contributed by atoms with Crippen LogP contribution in [0.5, 0.6) is 0 Å². The average molecular weight is 389 g/mol. The van der Waals surface area contributed by atoms with Gasteiger partial charge in [-0.1, -0.05) is 31.9 Å². The second-order valence-electron chi connectivity index (χ2n) is 7.28. The first kappa shape index (κ1) is 21.4. The van der Waals surface area contributed by atoms with Crippen LogP contribution in [0.1, 0.15) is 44.2 Å². The van der Waals surface area contributed by atoms with Gasteiger partial charge in [-0.3, -0.25) is 19.3 Å². The van der Waals surface area contributed by atoms with Crippen molar-refractivity contribution in [2.24, 2.45) is 0 Å². The minimum absolute atomic E-state index is 0.456. The third-order valence-corrected chi connectivity index (χ3v) is 4.69. The molecule has 1 aromatic rings. The van der Waals surface area contributed by atoms with E-state index in [2.05, 4.69) is 10.6 Å². The molecule has 1 atom stereocenters. The highest BCUT2D eigenvalue weighted by Gasteiger charge is 2.47. The van der Waals surface area contributed by atoms with Crippen LogP contribution in [0.25, 0.3) is 0 Å². The van der Waals surface area contributed by atoms with Crippen LogP contribution in [0.15, 0.2) is 18.2 Å². The van der Waals surface area contributed by atoms with Gasteiger partial charge in [0, 0.05) is 5.69 Å². The van der Waals surface area contributed by atoms with E-state index in [9.17, 15) is 19.2 Å². The van der Waals surface area contributed by atoms with Crippen LogP contribution < -0.4 is 10.6 Å². The Balaban J connectivity index is 1.86. The second kappa shape index (κ2) is 8.86. The highest BCUT2D eigenvalue weighted by atomic mass is 16.5. The smallest absolute Gasteiger partial charge is 0.326 e. The maximum atomic E-state index is 12.5. The number of aryl methyl sites for hydroxylation is 2. The molecule has 4 amide bonds. The number of ether oxygens (including phenoxy) is 1. The summed E-state index contributed by atoms with van der Waals surface area (Å²) in [4.78, 5) is 49.4. The molecule has 0 aromatic heterocycles. The predicted molar refractivity (Wildman–Crippen MR) is 104 cm³/mol. The van der Waals surface area contributed by atoms with Crippen molar-refractivity contribution in [3.63, 3.8) is 0 Å². The average Bonchev–Trinajstić information content (AvgIpc) is 2.85. The van der Waals surface area contributed by atoms with E-state index in [0.717, 1.165) is 28.9 Å². The van der Waals surface area contributed by atoms with Crippen molar-refractivity contribution < 1.29 is 23.9 Å². The van der Waals surface area contributed by atoms with Crippen molar-refractivity contribution in [2.75, 3.05) is 18.5 Å². The van der Waals surface area contributed by atoms with Crippen molar-refractivity contribution in [3.05, 3.63) is 29.3 Å². The molecule has 1 saturated heterocycles. The van der Waals surface area contributed by atoms with Gasteiger partial charge in [0.2, 0.25) is 0 Å². The molecule has 152 valence electrons. The summed E-state index contributed by atoms with van der Waals surface area (Å²) in [5.74, 6) is -1.77. The Morgan fingerprint density at radius 3 is 2.64 bits per heavy atom. The molecule has 1 fully saturated rings. The molecule has 0 saturated carbocycles. The fourth-order valence-corrected chi connectivity index (χ4v) is 2.97. The molecule has 1 aliphatic heterocycles. The number of amides is 4. The first-order valence-electron chi connectivity index (χ1n) is 9.33. The normalized spacial score (nSPS) is 18.8. The number of carbonyl (C=O) groups is 4. The summed E-state index contributed by atoms with van der Waals surface area (Å²) in [6, 6.07) is 5.00. The van der Waals surface area contributed by atoms with E-state index < -0.39 is 42.5 Å². The lowest BCUT2D eigenvalue weighted by molar-refractivity contribution is -0.150. The summed E-state index contributed by atoms with van der Waals surface area (Å²) in [6.07, 6.45) is 2.16. The zero-order valence-electron chi connectivity index (χ0n) is 16.8. The summed E-state index contributed by atoms with van der Waals surface area (Å²) < 4.78 is 4.93. The number of urea groups is 1. The lowest BCUT2D eigenvalue weighted by atomic mass is 9.95.